The Labute approximate surface area is 163 Å². The maximum atomic E-state index is 12.3. The molecule has 28 heavy (non-hydrogen) atoms. The second-order valence-electron chi connectivity index (χ2n) is 6.36. The van der Waals surface area contributed by atoms with Crippen molar-refractivity contribution in [1.82, 2.24) is 19.9 Å². The number of benzene rings is 2. The lowest BCUT2D eigenvalue weighted by molar-refractivity contribution is 0.561. The first-order chi connectivity index (χ1) is 13.6. The Balaban J connectivity index is 1.87. The molecule has 6 nitrogen and oxygen atoms in total. The van der Waals surface area contributed by atoms with E-state index in [-0.39, 0.29) is 10.9 Å². The highest BCUT2D eigenvalue weighted by Gasteiger charge is 2.17. The Hall–Kier alpha value is -3.51. The van der Waals surface area contributed by atoms with Crippen molar-refractivity contribution in [1.29, 1.82) is 0 Å². The molecule has 5 aromatic rings. The van der Waals surface area contributed by atoms with Gasteiger partial charge in [-0.05, 0) is 12.1 Å². The molecular weight excluding hydrogens is 376 g/mol. The number of aryl methyl sites for hydroxylation is 1. The van der Waals surface area contributed by atoms with Crippen LogP contribution < -0.4 is 5.43 Å². The summed E-state index contributed by atoms with van der Waals surface area (Å²) in [5, 5.41) is 0.451. The van der Waals surface area contributed by atoms with E-state index in [1.165, 1.54) is 6.07 Å². The fourth-order valence-corrected chi connectivity index (χ4v) is 3.47. The van der Waals surface area contributed by atoms with Crippen molar-refractivity contribution >= 4 is 33.9 Å². The minimum Gasteiger partial charge on any atom is -0.441 e. The molecule has 0 fully saturated rings. The first-order valence-corrected chi connectivity index (χ1v) is 9.00. The quantitative estimate of drug-likeness (QED) is 0.471. The summed E-state index contributed by atoms with van der Waals surface area (Å²) in [6.07, 6.45) is 1.56. The van der Waals surface area contributed by atoms with Crippen molar-refractivity contribution in [3.8, 4) is 22.5 Å². The second kappa shape index (κ2) is 6.28. The van der Waals surface area contributed by atoms with Gasteiger partial charge in [0.05, 0.1) is 16.4 Å². The van der Waals surface area contributed by atoms with Crippen molar-refractivity contribution in [3.05, 3.63) is 75.9 Å². The molecule has 0 saturated carbocycles. The second-order valence-corrected chi connectivity index (χ2v) is 6.77. The number of nitrogens with zero attached hydrogens (tertiary/aromatic N) is 3. The van der Waals surface area contributed by atoms with E-state index < -0.39 is 0 Å². The first kappa shape index (κ1) is 16.6. The van der Waals surface area contributed by atoms with Crippen LogP contribution >= 0.6 is 11.6 Å². The molecule has 1 N–H and O–H groups in total. The van der Waals surface area contributed by atoms with Crippen molar-refractivity contribution in [3.63, 3.8) is 0 Å². The number of pyridine rings is 1. The van der Waals surface area contributed by atoms with Gasteiger partial charge in [0, 0.05) is 30.3 Å². The third-order valence-corrected chi connectivity index (χ3v) is 4.75. The highest BCUT2D eigenvalue weighted by Crippen LogP contribution is 2.35. The molecule has 136 valence electrons. The summed E-state index contributed by atoms with van der Waals surface area (Å²) < 4.78 is 5.66. The molecule has 0 unspecified atom stereocenters. The maximum absolute atomic E-state index is 12.3. The van der Waals surface area contributed by atoms with Gasteiger partial charge in [-0.15, -0.1) is 0 Å². The zero-order valence-electron chi connectivity index (χ0n) is 14.7. The number of rotatable bonds is 2. The fraction of sp³-hybridized carbons (Fsp3) is 0.0476. The molecule has 7 heteroatoms. The van der Waals surface area contributed by atoms with Crippen LogP contribution in [0.5, 0.6) is 0 Å². The molecule has 0 saturated heterocycles. The molecule has 5 rings (SSSR count). The molecule has 0 spiro atoms. The highest BCUT2D eigenvalue weighted by atomic mass is 35.5. The Kier molecular flexibility index (Phi) is 3.74. The van der Waals surface area contributed by atoms with E-state index in [2.05, 4.69) is 15.0 Å². The van der Waals surface area contributed by atoms with E-state index >= 15 is 0 Å². The van der Waals surface area contributed by atoms with Gasteiger partial charge in [0.25, 0.3) is 0 Å². The molecule has 0 radical (unpaired) electrons. The maximum Gasteiger partial charge on any atom is 0.209 e. The summed E-state index contributed by atoms with van der Waals surface area (Å²) in [5.41, 5.74) is 4.41. The number of H-pyrrole nitrogens is 1. The van der Waals surface area contributed by atoms with Gasteiger partial charge in [-0.25, -0.2) is 15.0 Å². The van der Waals surface area contributed by atoms with E-state index in [1.807, 2.05) is 36.4 Å². The van der Waals surface area contributed by atoms with Crippen LogP contribution in [-0.2, 0) is 0 Å². The molecule has 2 aromatic carbocycles. The Bertz CT molecular complexity index is 1410. The first-order valence-electron chi connectivity index (χ1n) is 8.62. The lowest BCUT2D eigenvalue weighted by Crippen LogP contribution is -2.06. The number of aromatic nitrogens is 4. The number of fused-ring (bicyclic) bond motifs is 2. The van der Waals surface area contributed by atoms with Gasteiger partial charge in [-0.1, -0.05) is 41.9 Å². The van der Waals surface area contributed by atoms with Crippen LogP contribution in [-0.4, -0.2) is 19.9 Å². The topological polar surface area (TPSA) is 84.7 Å². The normalized spacial score (nSPS) is 11.4. The molecule has 3 heterocycles. The van der Waals surface area contributed by atoms with E-state index in [0.717, 1.165) is 5.56 Å². The predicted molar refractivity (Wildman–Crippen MR) is 108 cm³/mol. The Morgan fingerprint density at radius 1 is 0.929 bits per heavy atom. The molecule has 0 aliphatic rings. The van der Waals surface area contributed by atoms with E-state index in [0.29, 0.717) is 44.6 Å². The molecule has 0 atom stereocenters. The van der Waals surface area contributed by atoms with E-state index in [9.17, 15) is 4.79 Å². The average molecular weight is 389 g/mol. The third-order valence-electron chi connectivity index (χ3n) is 4.46. The number of oxazole rings is 1. The molecule has 0 aliphatic carbocycles. The minimum atomic E-state index is -0.204. The average Bonchev–Trinajstić information content (AvgIpc) is 3.09. The summed E-state index contributed by atoms with van der Waals surface area (Å²) in [5.74, 6) is 0.526. The number of halogens is 1. The largest absolute Gasteiger partial charge is 0.441 e. The lowest BCUT2D eigenvalue weighted by Gasteiger charge is -2.10. The van der Waals surface area contributed by atoms with E-state index in [4.69, 9.17) is 21.0 Å². The number of aromatic amines is 1. The van der Waals surface area contributed by atoms with Crippen LogP contribution in [0, 0.1) is 6.92 Å². The van der Waals surface area contributed by atoms with Crippen LogP contribution in [0.25, 0.3) is 44.8 Å². The molecular formula is C21H13ClN4O2. The summed E-state index contributed by atoms with van der Waals surface area (Å²) in [6, 6.07) is 14.7. The van der Waals surface area contributed by atoms with Gasteiger partial charge < -0.3 is 9.40 Å². The van der Waals surface area contributed by atoms with Crippen molar-refractivity contribution in [2.45, 2.75) is 6.92 Å². The minimum absolute atomic E-state index is 0.204. The van der Waals surface area contributed by atoms with Crippen LogP contribution in [0.1, 0.15) is 5.89 Å². The van der Waals surface area contributed by atoms with Crippen LogP contribution in [0.4, 0.5) is 0 Å². The van der Waals surface area contributed by atoms with Crippen molar-refractivity contribution < 1.29 is 4.42 Å². The number of nitrogens with one attached hydrogen (secondary N) is 1. The smallest absolute Gasteiger partial charge is 0.209 e. The summed E-state index contributed by atoms with van der Waals surface area (Å²) >= 11 is 6.43. The Morgan fingerprint density at radius 3 is 2.54 bits per heavy atom. The molecule has 0 bridgehead atoms. The van der Waals surface area contributed by atoms with Gasteiger partial charge in [0.2, 0.25) is 5.43 Å². The molecule has 3 aromatic heterocycles. The van der Waals surface area contributed by atoms with Crippen LogP contribution in [0.2, 0.25) is 5.02 Å². The van der Waals surface area contributed by atoms with Crippen LogP contribution in [0.15, 0.2) is 63.9 Å². The molecule has 0 aliphatic heterocycles. The summed E-state index contributed by atoms with van der Waals surface area (Å²) in [4.78, 5) is 29.0. The SMILES string of the molecule is Cc1nc2c(Cl)cc(-c3nc4c(=O)cc[nH]c4nc3-c3ccccc3)cc2o1. The zero-order chi connectivity index (χ0) is 19.3. The third kappa shape index (κ3) is 2.66. The fourth-order valence-electron chi connectivity index (χ4n) is 3.22. The van der Waals surface area contributed by atoms with E-state index in [1.54, 1.807) is 19.2 Å². The lowest BCUT2D eigenvalue weighted by atomic mass is 10.0. The van der Waals surface area contributed by atoms with Gasteiger partial charge in [-0.2, -0.15) is 0 Å². The number of hydrogen-bond donors (Lipinski definition) is 1. The zero-order valence-corrected chi connectivity index (χ0v) is 15.5. The number of hydrogen-bond acceptors (Lipinski definition) is 5. The summed E-state index contributed by atoms with van der Waals surface area (Å²) in [7, 11) is 0. The van der Waals surface area contributed by atoms with Crippen LogP contribution in [0.3, 0.4) is 0 Å². The van der Waals surface area contributed by atoms with Gasteiger partial charge in [-0.3, -0.25) is 4.79 Å². The highest BCUT2D eigenvalue weighted by molar-refractivity contribution is 6.35. The molecule has 0 amide bonds. The van der Waals surface area contributed by atoms with Gasteiger partial charge in [0.1, 0.15) is 5.52 Å². The van der Waals surface area contributed by atoms with Crippen molar-refractivity contribution in [2.24, 2.45) is 0 Å². The van der Waals surface area contributed by atoms with Gasteiger partial charge in [0.15, 0.2) is 22.6 Å². The van der Waals surface area contributed by atoms with Crippen molar-refractivity contribution in [2.75, 3.05) is 0 Å². The van der Waals surface area contributed by atoms with Gasteiger partial charge >= 0.3 is 0 Å². The summed E-state index contributed by atoms with van der Waals surface area (Å²) in [6.45, 7) is 1.76. The monoisotopic (exact) mass is 388 g/mol. The predicted octanol–water partition coefficient (Wildman–Crippen LogP) is 4.76. The Morgan fingerprint density at radius 2 is 1.71 bits per heavy atom. The standard InChI is InChI=1S/C21H13ClN4O2/c1-11-24-19-14(22)9-13(10-16(19)28-11)18-17(12-5-3-2-4-6-12)26-21-20(25-18)15(27)7-8-23-21/h2-10H,1H3,(H,23,26,27).